The van der Waals surface area contributed by atoms with E-state index in [-0.39, 0.29) is 23.9 Å². The van der Waals surface area contributed by atoms with Crippen molar-refractivity contribution < 1.29 is 31.6 Å². The Morgan fingerprint density at radius 2 is 1.68 bits per heavy atom. The van der Waals surface area contributed by atoms with Gasteiger partial charge in [0.05, 0.1) is 17.6 Å². The molecule has 0 saturated heterocycles. The highest BCUT2D eigenvalue weighted by molar-refractivity contribution is 14.1. The van der Waals surface area contributed by atoms with Crippen LogP contribution in [0.2, 0.25) is 0 Å². The highest BCUT2D eigenvalue weighted by atomic mass is 127. The molecule has 11 heteroatoms. The number of oxazole rings is 1. The van der Waals surface area contributed by atoms with Crippen molar-refractivity contribution in [2.75, 3.05) is 4.90 Å². The fourth-order valence-electron chi connectivity index (χ4n) is 4.72. The maximum absolute atomic E-state index is 14.0. The smallest absolute Gasteiger partial charge is 0.251 e. The standard InChI is InChI=1S/C29H22F4IN3O3/c1-14-23(36-27(40-14)15-4-6-17(30)7-5-15)13-37-24-9-16(8-22(34)25(24)29(2,3)28(37)39)26(38)35-12-19-20(32)10-18(31)11-21(19)33/h4-11H,12-13H2,1-3H3,(H,35,38). The number of carbonyl (C=O) groups excluding carboxylic acids is 2. The van der Waals surface area contributed by atoms with Crippen molar-refractivity contribution in [2.45, 2.75) is 39.3 Å². The second kappa shape index (κ2) is 10.3. The van der Waals surface area contributed by atoms with Crippen molar-refractivity contribution in [1.29, 1.82) is 0 Å². The normalized spacial score (nSPS) is 14.0. The molecule has 0 aliphatic carbocycles. The quantitative estimate of drug-likeness (QED) is 0.187. The fraction of sp³-hybridized carbons (Fsp3) is 0.207. The largest absolute Gasteiger partial charge is 0.441 e. The zero-order valence-corrected chi connectivity index (χ0v) is 23.7. The second-order valence-electron chi connectivity index (χ2n) is 9.93. The minimum Gasteiger partial charge on any atom is -0.441 e. The predicted molar refractivity (Wildman–Crippen MR) is 147 cm³/mol. The van der Waals surface area contributed by atoms with Gasteiger partial charge in [0, 0.05) is 44.5 Å². The van der Waals surface area contributed by atoms with E-state index in [1.54, 1.807) is 45.0 Å². The molecular weight excluding hydrogens is 641 g/mol. The van der Waals surface area contributed by atoms with Crippen molar-refractivity contribution in [2.24, 2.45) is 0 Å². The minimum absolute atomic E-state index is 0.0545. The molecule has 0 bridgehead atoms. The van der Waals surface area contributed by atoms with Gasteiger partial charge in [0.1, 0.15) is 34.7 Å². The molecule has 0 atom stereocenters. The van der Waals surface area contributed by atoms with Crippen molar-refractivity contribution in [1.82, 2.24) is 10.3 Å². The maximum Gasteiger partial charge on any atom is 0.251 e. The molecule has 0 unspecified atom stereocenters. The van der Waals surface area contributed by atoms with Crippen LogP contribution in [-0.2, 0) is 23.3 Å². The third-order valence-electron chi connectivity index (χ3n) is 6.85. The first kappa shape index (κ1) is 27.8. The molecule has 3 aromatic carbocycles. The summed E-state index contributed by atoms with van der Waals surface area (Å²) in [6.07, 6.45) is 0. The number of halogens is 5. The van der Waals surface area contributed by atoms with Crippen LogP contribution in [0.5, 0.6) is 0 Å². The summed E-state index contributed by atoms with van der Waals surface area (Å²) in [5.74, 6) is -3.75. The molecule has 2 amide bonds. The van der Waals surface area contributed by atoms with Crippen LogP contribution in [0.4, 0.5) is 23.2 Å². The lowest BCUT2D eigenvalue weighted by atomic mass is 9.86. The summed E-state index contributed by atoms with van der Waals surface area (Å²) in [5, 5.41) is 2.46. The lowest BCUT2D eigenvalue weighted by Gasteiger charge is -2.19. The molecule has 40 heavy (non-hydrogen) atoms. The Morgan fingerprint density at radius 1 is 1.02 bits per heavy atom. The van der Waals surface area contributed by atoms with Gasteiger partial charge >= 0.3 is 0 Å². The number of hydrogen-bond donors (Lipinski definition) is 1. The maximum atomic E-state index is 14.0. The molecule has 1 aromatic heterocycles. The van der Waals surface area contributed by atoms with Crippen LogP contribution in [0.3, 0.4) is 0 Å². The van der Waals surface area contributed by atoms with E-state index >= 15 is 0 Å². The third kappa shape index (κ3) is 4.98. The van der Waals surface area contributed by atoms with Gasteiger partial charge < -0.3 is 14.6 Å². The Kier molecular flexibility index (Phi) is 7.19. The molecule has 6 nitrogen and oxygen atoms in total. The average molecular weight is 663 g/mol. The van der Waals surface area contributed by atoms with Crippen LogP contribution in [-0.4, -0.2) is 16.8 Å². The lowest BCUT2D eigenvalue weighted by molar-refractivity contribution is -0.122. The van der Waals surface area contributed by atoms with Gasteiger partial charge in [-0.25, -0.2) is 22.5 Å². The highest BCUT2D eigenvalue weighted by Gasteiger charge is 2.46. The van der Waals surface area contributed by atoms with Gasteiger partial charge in [0.2, 0.25) is 11.8 Å². The molecule has 1 N–H and O–H groups in total. The molecule has 2 heterocycles. The van der Waals surface area contributed by atoms with E-state index < -0.39 is 46.7 Å². The summed E-state index contributed by atoms with van der Waals surface area (Å²) in [6, 6.07) is 9.91. The van der Waals surface area contributed by atoms with Gasteiger partial charge in [-0.15, -0.1) is 0 Å². The number of anilines is 1. The molecule has 4 aromatic rings. The molecule has 5 rings (SSSR count). The van der Waals surface area contributed by atoms with Crippen molar-refractivity contribution in [3.05, 3.63) is 104 Å². The average Bonchev–Trinajstić information content (AvgIpc) is 3.33. The zero-order valence-electron chi connectivity index (χ0n) is 21.5. The summed E-state index contributed by atoms with van der Waals surface area (Å²) >= 11 is 2.05. The van der Waals surface area contributed by atoms with Crippen LogP contribution < -0.4 is 10.2 Å². The van der Waals surface area contributed by atoms with Gasteiger partial charge in [-0.05, 0) is 79.8 Å². The third-order valence-corrected chi connectivity index (χ3v) is 7.70. The van der Waals surface area contributed by atoms with Gasteiger partial charge in [0.15, 0.2) is 0 Å². The Hall–Kier alpha value is -3.74. The molecule has 0 fully saturated rings. The molecule has 206 valence electrons. The van der Waals surface area contributed by atoms with E-state index in [2.05, 4.69) is 32.9 Å². The zero-order chi connectivity index (χ0) is 28.9. The number of rotatable bonds is 6. The number of carbonyl (C=O) groups is 2. The molecule has 0 spiro atoms. The topological polar surface area (TPSA) is 75.4 Å². The second-order valence-corrected chi connectivity index (χ2v) is 11.1. The van der Waals surface area contributed by atoms with E-state index in [4.69, 9.17) is 4.42 Å². The summed E-state index contributed by atoms with van der Waals surface area (Å²) in [7, 11) is 0. The summed E-state index contributed by atoms with van der Waals surface area (Å²) in [5.41, 5.74) is 1.09. The summed E-state index contributed by atoms with van der Waals surface area (Å²) in [4.78, 5) is 32.6. The summed E-state index contributed by atoms with van der Waals surface area (Å²) in [6.45, 7) is 4.84. The Balaban J connectivity index is 1.45. The minimum atomic E-state index is -1.11. The van der Waals surface area contributed by atoms with Crippen LogP contribution >= 0.6 is 22.6 Å². The SMILES string of the molecule is Cc1oc(-c2ccc(F)cc2)nc1CN1C(=O)C(C)(C)c2c(I)cc(C(=O)NCc3c(F)cc(F)cc3F)cc21. The predicted octanol–water partition coefficient (Wildman–Crippen LogP) is 6.57. The van der Waals surface area contributed by atoms with E-state index in [1.807, 2.05) is 0 Å². The van der Waals surface area contributed by atoms with E-state index in [0.717, 1.165) is 5.56 Å². The lowest BCUT2D eigenvalue weighted by Crippen LogP contribution is -2.36. The summed E-state index contributed by atoms with van der Waals surface area (Å²) < 4.78 is 61.1. The number of aromatic nitrogens is 1. The fourth-order valence-corrected chi connectivity index (χ4v) is 6.00. The van der Waals surface area contributed by atoms with Gasteiger partial charge in [-0.1, -0.05) is 0 Å². The van der Waals surface area contributed by atoms with Gasteiger partial charge in [-0.2, -0.15) is 0 Å². The molecule has 1 aliphatic heterocycles. The number of amides is 2. The van der Waals surface area contributed by atoms with Crippen LogP contribution in [0.1, 0.15) is 46.8 Å². The molecular formula is C29H22F4IN3O3. The van der Waals surface area contributed by atoms with E-state index in [9.17, 15) is 27.2 Å². The van der Waals surface area contributed by atoms with Gasteiger partial charge in [-0.3, -0.25) is 9.59 Å². The van der Waals surface area contributed by atoms with E-state index in [0.29, 0.717) is 38.4 Å². The van der Waals surface area contributed by atoms with Gasteiger partial charge in [0.25, 0.3) is 5.91 Å². The number of aryl methyl sites for hydroxylation is 1. The number of nitrogens with zero attached hydrogens (tertiary/aromatic N) is 2. The Morgan fingerprint density at radius 3 is 2.33 bits per heavy atom. The first-order valence-electron chi connectivity index (χ1n) is 12.2. The van der Waals surface area contributed by atoms with Crippen LogP contribution in [0.25, 0.3) is 11.5 Å². The number of nitrogens with one attached hydrogen (secondary N) is 1. The monoisotopic (exact) mass is 663 g/mol. The van der Waals surface area contributed by atoms with Crippen LogP contribution in [0.15, 0.2) is 52.9 Å². The molecule has 0 radical (unpaired) electrons. The van der Waals surface area contributed by atoms with Crippen molar-refractivity contribution in [3.63, 3.8) is 0 Å². The number of fused-ring (bicyclic) bond motifs is 1. The molecule has 1 aliphatic rings. The van der Waals surface area contributed by atoms with Crippen molar-refractivity contribution in [3.8, 4) is 11.5 Å². The first-order chi connectivity index (χ1) is 18.9. The van der Waals surface area contributed by atoms with Crippen LogP contribution in [0, 0.1) is 33.8 Å². The highest BCUT2D eigenvalue weighted by Crippen LogP contribution is 2.45. The Bertz CT molecular complexity index is 1640. The number of hydrogen-bond acceptors (Lipinski definition) is 4. The first-order valence-corrected chi connectivity index (χ1v) is 13.2. The Labute approximate surface area is 240 Å². The van der Waals surface area contributed by atoms with Crippen molar-refractivity contribution >= 4 is 40.1 Å². The molecule has 0 saturated carbocycles. The number of benzene rings is 3. The van der Waals surface area contributed by atoms with E-state index in [1.165, 1.54) is 17.0 Å².